The van der Waals surface area contributed by atoms with Crippen LogP contribution in [0.5, 0.6) is 0 Å². The third kappa shape index (κ3) is 4.09. The predicted octanol–water partition coefficient (Wildman–Crippen LogP) is 3.91. The van der Waals surface area contributed by atoms with Crippen LogP contribution in [-0.4, -0.2) is 30.2 Å². The van der Waals surface area contributed by atoms with E-state index in [1.807, 2.05) is 64.1 Å². The van der Waals surface area contributed by atoms with Crippen LogP contribution >= 0.6 is 0 Å². The van der Waals surface area contributed by atoms with Crippen LogP contribution in [-0.2, 0) is 24.3 Å². The number of para-hydroxylation sites is 1. The van der Waals surface area contributed by atoms with E-state index in [0.717, 1.165) is 33.3 Å². The maximum Gasteiger partial charge on any atom is 0.278 e. The first-order chi connectivity index (χ1) is 16.9. The SMILES string of the molecule is CCc1noc(Cn2cnc3c4cc(C)ccc4n(CC(=O)Nc4c(C)cccc4C)c3c2=O)n1. The van der Waals surface area contributed by atoms with Gasteiger partial charge < -0.3 is 14.4 Å². The second-order valence-electron chi connectivity index (χ2n) is 8.75. The van der Waals surface area contributed by atoms with Gasteiger partial charge in [-0.3, -0.25) is 14.2 Å². The normalized spacial score (nSPS) is 11.4. The number of rotatable bonds is 6. The summed E-state index contributed by atoms with van der Waals surface area (Å²) in [5.41, 5.74) is 5.20. The van der Waals surface area contributed by atoms with Crippen LogP contribution in [0.15, 0.2) is 52.0 Å². The predicted molar refractivity (Wildman–Crippen MR) is 134 cm³/mol. The van der Waals surface area contributed by atoms with Crippen LogP contribution < -0.4 is 10.9 Å². The molecule has 0 aliphatic rings. The van der Waals surface area contributed by atoms with E-state index in [2.05, 4.69) is 20.4 Å². The number of hydrogen-bond donors (Lipinski definition) is 1. The molecule has 3 aromatic heterocycles. The molecule has 0 spiro atoms. The van der Waals surface area contributed by atoms with E-state index in [4.69, 9.17) is 4.52 Å². The fourth-order valence-corrected chi connectivity index (χ4v) is 4.37. The highest BCUT2D eigenvalue weighted by atomic mass is 16.5. The van der Waals surface area contributed by atoms with Crippen LogP contribution in [0.4, 0.5) is 5.69 Å². The molecule has 1 amide bonds. The number of carbonyl (C=O) groups excluding carboxylic acids is 1. The van der Waals surface area contributed by atoms with Crippen molar-refractivity contribution in [1.82, 2.24) is 24.3 Å². The average molecular weight is 471 g/mol. The van der Waals surface area contributed by atoms with Crippen molar-refractivity contribution < 1.29 is 9.32 Å². The maximum atomic E-state index is 13.6. The molecule has 0 bridgehead atoms. The van der Waals surface area contributed by atoms with Crippen molar-refractivity contribution in [2.24, 2.45) is 0 Å². The van der Waals surface area contributed by atoms with E-state index in [9.17, 15) is 9.59 Å². The van der Waals surface area contributed by atoms with E-state index in [-0.39, 0.29) is 24.6 Å². The first-order valence-corrected chi connectivity index (χ1v) is 11.5. The van der Waals surface area contributed by atoms with Gasteiger partial charge in [-0.15, -0.1) is 0 Å². The van der Waals surface area contributed by atoms with Crippen molar-refractivity contribution in [3.63, 3.8) is 0 Å². The summed E-state index contributed by atoms with van der Waals surface area (Å²) in [4.78, 5) is 35.7. The Bertz CT molecular complexity index is 1620. The third-order valence-electron chi connectivity index (χ3n) is 6.16. The van der Waals surface area contributed by atoms with Crippen LogP contribution in [0, 0.1) is 20.8 Å². The minimum absolute atomic E-state index is 0.0295. The summed E-state index contributed by atoms with van der Waals surface area (Å²) < 4.78 is 8.44. The number of aromatic nitrogens is 5. The largest absolute Gasteiger partial charge is 0.337 e. The molecule has 0 saturated heterocycles. The molecule has 9 heteroatoms. The zero-order valence-corrected chi connectivity index (χ0v) is 20.1. The van der Waals surface area contributed by atoms with Crippen molar-refractivity contribution in [2.75, 3.05) is 5.32 Å². The molecular weight excluding hydrogens is 444 g/mol. The van der Waals surface area contributed by atoms with E-state index in [0.29, 0.717) is 29.2 Å². The summed E-state index contributed by atoms with van der Waals surface area (Å²) in [6, 6.07) is 11.7. The zero-order valence-electron chi connectivity index (χ0n) is 20.1. The van der Waals surface area contributed by atoms with Gasteiger partial charge in [0.1, 0.15) is 24.1 Å². The Labute approximate surface area is 201 Å². The minimum atomic E-state index is -0.278. The number of nitrogens with zero attached hydrogens (tertiary/aromatic N) is 5. The van der Waals surface area contributed by atoms with Gasteiger partial charge in [-0.05, 0) is 44.0 Å². The molecule has 35 heavy (non-hydrogen) atoms. The molecule has 3 heterocycles. The number of benzene rings is 2. The molecular formula is C26H26N6O3. The summed E-state index contributed by atoms with van der Waals surface area (Å²) in [5, 5.41) is 7.75. The van der Waals surface area contributed by atoms with Gasteiger partial charge in [0, 0.05) is 17.5 Å². The molecule has 5 aromatic rings. The molecule has 0 aliphatic heterocycles. The molecule has 9 nitrogen and oxygen atoms in total. The van der Waals surface area contributed by atoms with Crippen molar-refractivity contribution in [1.29, 1.82) is 0 Å². The Hall–Kier alpha value is -4.27. The number of carbonyl (C=O) groups is 1. The van der Waals surface area contributed by atoms with Crippen LogP contribution in [0.3, 0.4) is 0 Å². The zero-order chi connectivity index (χ0) is 24.7. The van der Waals surface area contributed by atoms with E-state index in [1.54, 1.807) is 4.57 Å². The van der Waals surface area contributed by atoms with Gasteiger partial charge >= 0.3 is 0 Å². The standard InChI is InChI=1S/C26H26N6O3/c1-5-20-28-22(35-30-20)13-31-14-27-24-18-11-15(2)9-10-19(18)32(25(24)26(31)34)12-21(33)29-23-16(3)7-6-8-17(23)4/h6-11,14H,5,12-13H2,1-4H3,(H,29,33). The highest BCUT2D eigenvalue weighted by Gasteiger charge is 2.20. The first kappa shape index (κ1) is 22.5. The number of anilines is 1. The fraction of sp³-hybridized carbons (Fsp3) is 0.269. The van der Waals surface area contributed by atoms with Crippen molar-refractivity contribution in [3.8, 4) is 0 Å². The Morgan fingerprint density at radius 3 is 2.60 bits per heavy atom. The lowest BCUT2D eigenvalue weighted by atomic mass is 10.1. The van der Waals surface area contributed by atoms with Gasteiger partial charge in [-0.1, -0.05) is 41.9 Å². The highest BCUT2D eigenvalue weighted by molar-refractivity contribution is 6.07. The topological polar surface area (TPSA) is 108 Å². The molecule has 0 aliphatic carbocycles. The van der Waals surface area contributed by atoms with Crippen LogP contribution in [0.1, 0.15) is 35.3 Å². The minimum Gasteiger partial charge on any atom is -0.337 e. The van der Waals surface area contributed by atoms with Crippen LogP contribution in [0.2, 0.25) is 0 Å². The van der Waals surface area contributed by atoms with Gasteiger partial charge in [0.15, 0.2) is 5.82 Å². The van der Waals surface area contributed by atoms with Gasteiger partial charge in [-0.25, -0.2) is 4.98 Å². The van der Waals surface area contributed by atoms with Gasteiger partial charge in [0.2, 0.25) is 11.8 Å². The fourth-order valence-electron chi connectivity index (χ4n) is 4.37. The summed E-state index contributed by atoms with van der Waals surface area (Å²) in [7, 11) is 0. The van der Waals surface area contributed by atoms with Crippen LogP contribution in [0.25, 0.3) is 21.9 Å². The summed E-state index contributed by atoms with van der Waals surface area (Å²) in [5.74, 6) is 0.687. The van der Waals surface area contributed by atoms with E-state index in [1.165, 1.54) is 10.9 Å². The Kier molecular flexibility index (Phi) is 5.68. The third-order valence-corrected chi connectivity index (χ3v) is 6.16. The smallest absolute Gasteiger partial charge is 0.278 e. The van der Waals surface area contributed by atoms with Crippen molar-refractivity contribution in [3.05, 3.63) is 81.5 Å². The van der Waals surface area contributed by atoms with E-state index >= 15 is 0 Å². The molecule has 0 unspecified atom stereocenters. The monoisotopic (exact) mass is 470 g/mol. The summed E-state index contributed by atoms with van der Waals surface area (Å²) in [6.45, 7) is 7.89. The highest BCUT2D eigenvalue weighted by Crippen LogP contribution is 2.27. The molecule has 5 rings (SSSR count). The van der Waals surface area contributed by atoms with Gasteiger partial charge in [0.25, 0.3) is 5.56 Å². The molecule has 178 valence electrons. The number of amides is 1. The maximum absolute atomic E-state index is 13.6. The summed E-state index contributed by atoms with van der Waals surface area (Å²) in [6.07, 6.45) is 2.13. The Balaban J connectivity index is 1.60. The number of aryl methyl sites for hydroxylation is 4. The second-order valence-corrected chi connectivity index (χ2v) is 8.75. The number of nitrogens with one attached hydrogen (secondary N) is 1. The molecule has 0 atom stereocenters. The molecule has 0 saturated carbocycles. The lowest BCUT2D eigenvalue weighted by Crippen LogP contribution is -2.26. The summed E-state index contributed by atoms with van der Waals surface area (Å²) >= 11 is 0. The van der Waals surface area contributed by atoms with Gasteiger partial charge in [-0.2, -0.15) is 4.98 Å². The lowest BCUT2D eigenvalue weighted by Gasteiger charge is -2.13. The quantitative estimate of drug-likeness (QED) is 0.403. The van der Waals surface area contributed by atoms with Crippen molar-refractivity contribution >= 4 is 33.5 Å². The molecule has 2 aromatic carbocycles. The Morgan fingerprint density at radius 1 is 1.11 bits per heavy atom. The molecule has 0 radical (unpaired) electrons. The number of hydrogen-bond acceptors (Lipinski definition) is 6. The first-order valence-electron chi connectivity index (χ1n) is 11.5. The lowest BCUT2D eigenvalue weighted by molar-refractivity contribution is -0.116. The second kappa shape index (κ2) is 8.83. The Morgan fingerprint density at radius 2 is 1.89 bits per heavy atom. The van der Waals surface area contributed by atoms with Gasteiger partial charge in [0.05, 0.1) is 11.8 Å². The van der Waals surface area contributed by atoms with E-state index < -0.39 is 0 Å². The van der Waals surface area contributed by atoms with Crippen molar-refractivity contribution in [2.45, 2.75) is 47.2 Å². The number of fused-ring (bicyclic) bond motifs is 3. The molecule has 0 fully saturated rings. The average Bonchev–Trinajstić information content (AvgIpc) is 3.41. The molecule has 1 N–H and O–H groups in total.